The van der Waals surface area contributed by atoms with Gasteiger partial charge in [0.2, 0.25) is 0 Å². The summed E-state index contributed by atoms with van der Waals surface area (Å²) in [4.78, 5) is 10.5. The molecule has 0 aliphatic rings. The highest BCUT2D eigenvalue weighted by molar-refractivity contribution is 5.85. The minimum atomic E-state index is -0.556. The Morgan fingerprint density at radius 2 is 2.00 bits per heavy atom. The van der Waals surface area contributed by atoms with Crippen molar-refractivity contribution >= 4 is 30.8 Å². The SMILES string of the molecule is COC(=O)C(N)CCN.Cl.Cl. The van der Waals surface area contributed by atoms with Gasteiger partial charge in [-0.05, 0) is 13.0 Å². The van der Waals surface area contributed by atoms with Crippen LogP contribution >= 0.6 is 24.8 Å². The average Bonchev–Trinajstić information content (AvgIpc) is 1.87. The summed E-state index contributed by atoms with van der Waals surface area (Å²) >= 11 is 0. The Labute approximate surface area is 78.5 Å². The lowest BCUT2D eigenvalue weighted by Gasteiger charge is -2.05. The van der Waals surface area contributed by atoms with E-state index in [4.69, 9.17) is 11.5 Å². The fourth-order valence-electron chi connectivity index (χ4n) is 0.449. The Kier molecular flexibility index (Phi) is 15.6. The predicted octanol–water partition coefficient (Wildman–Crippen LogP) is -0.321. The van der Waals surface area contributed by atoms with E-state index < -0.39 is 12.0 Å². The molecule has 0 saturated heterocycles. The Morgan fingerprint density at radius 1 is 1.55 bits per heavy atom. The number of rotatable bonds is 3. The van der Waals surface area contributed by atoms with Crippen molar-refractivity contribution in [2.45, 2.75) is 12.5 Å². The summed E-state index contributed by atoms with van der Waals surface area (Å²) in [6.45, 7) is 0.413. The second kappa shape index (κ2) is 9.97. The molecule has 0 aromatic rings. The van der Waals surface area contributed by atoms with Gasteiger partial charge in [-0.3, -0.25) is 4.79 Å². The maximum Gasteiger partial charge on any atom is 0.322 e. The van der Waals surface area contributed by atoms with E-state index in [9.17, 15) is 4.79 Å². The van der Waals surface area contributed by atoms with Crippen molar-refractivity contribution < 1.29 is 9.53 Å². The van der Waals surface area contributed by atoms with E-state index in [2.05, 4.69) is 4.74 Å². The minimum absolute atomic E-state index is 0. The topological polar surface area (TPSA) is 78.3 Å². The van der Waals surface area contributed by atoms with Gasteiger partial charge in [0.25, 0.3) is 0 Å². The largest absolute Gasteiger partial charge is 0.468 e. The third-order valence-electron chi connectivity index (χ3n) is 0.982. The molecule has 0 radical (unpaired) electrons. The van der Waals surface area contributed by atoms with Crippen LogP contribution in [0.1, 0.15) is 6.42 Å². The van der Waals surface area contributed by atoms with Crippen LogP contribution in [-0.2, 0) is 9.53 Å². The standard InChI is InChI=1S/C5H12N2O2.2ClH/c1-9-5(8)4(7)2-3-6;;/h4H,2-3,6-7H2,1H3;2*1H. The number of carbonyl (C=O) groups is 1. The van der Waals surface area contributed by atoms with E-state index >= 15 is 0 Å². The van der Waals surface area contributed by atoms with Crippen LogP contribution in [0.4, 0.5) is 0 Å². The molecule has 11 heavy (non-hydrogen) atoms. The van der Waals surface area contributed by atoms with Crippen LogP contribution in [0.15, 0.2) is 0 Å². The molecule has 4 nitrogen and oxygen atoms in total. The highest BCUT2D eigenvalue weighted by atomic mass is 35.5. The van der Waals surface area contributed by atoms with Crippen LogP contribution in [0, 0.1) is 0 Å². The molecule has 0 saturated carbocycles. The van der Waals surface area contributed by atoms with Gasteiger partial charge in [0.05, 0.1) is 7.11 Å². The van der Waals surface area contributed by atoms with Crippen LogP contribution < -0.4 is 11.5 Å². The first-order valence-corrected chi connectivity index (χ1v) is 2.76. The zero-order valence-electron chi connectivity index (χ0n) is 6.28. The van der Waals surface area contributed by atoms with Gasteiger partial charge in [0.15, 0.2) is 0 Å². The maximum absolute atomic E-state index is 10.5. The highest BCUT2D eigenvalue weighted by Crippen LogP contribution is 1.86. The first kappa shape index (κ1) is 17.2. The molecule has 70 valence electrons. The first-order valence-electron chi connectivity index (χ1n) is 2.76. The summed E-state index contributed by atoms with van der Waals surface area (Å²) in [6.07, 6.45) is 0.479. The van der Waals surface area contributed by atoms with Crippen LogP contribution in [0.5, 0.6) is 0 Å². The molecule has 6 heteroatoms. The molecule has 0 aliphatic carbocycles. The van der Waals surface area contributed by atoms with Crippen molar-refractivity contribution in [1.29, 1.82) is 0 Å². The summed E-state index contributed by atoms with van der Waals surface area (Å²) in [5.74, 6) is -0.402. The van der Waals surface area contributed by atoms with E-state index in [0.29, 0.717) is 13.0 Å². The van der Waals surface area contributed by atoms with Gasteiger partial charge in [-0.2, -0.15) is 0 Å². The number of esters is 1. The van der Waals surface area contributed by atoms with E-state index in [0.717, 1.165) is 0 Å². The molecule has 0 bridgehead atoms. The van der Waals surface area contributed by atoms with Gasteiger partial charge in [-0.1, -0.05) is 0 Å². The van der Waals surface area contributed by atoms with Crippen LogP contribution in [-0.4, -0.2) is 25.7 Å². The summed E-state index contributed by atoms with van der Waals surface area (Å²) < 4.78 is 4.35. The molecule has 0 aromatic heterocycles. The van der Waals surface area contributed by atoms with Crippen LogP contribution in [0.3, 0.4) is 0 Å². The molecule has 0 aromatic carbocycles. The molecule has 1 unspecified atom stereocenters. The zero-order chi connectivity index (χ0) is 7.28. The molecule has 0 amide bonds. The van der Waals surface area contributed by atoms with Crippen molar-refractivity contribution in [3.8, 4) is 0 Å². The van der Waals surface area contributed by atoms with E-state index in [-0.39, 0.29) is 24.8 Å². The summed E-state index contributed by atoms with van der Waals surface area (Å²) in [6, 6.07) is -0.556. The Morgan fingerprint density at radius 3 is 2.27 bits per heavy atom. The zero-order valence-corrected chi connectivity index (χ0v) is 7.91. The fourth-order valence-corrected chi connectivity index (χ4v) is 0.449. The summed E-state index contributed by atoms with van der Waals surface area (Å²) in [5, 5.41) is 0. The third kappa shape index (κ3) is 7.87. The molecule has 0 heterocycles. The van der Waals surface area contributed by atoms with E-state index in [1.54, 1.807) is 0 Å². The minimum Gasteiger partial charge on any atom is -0.468 e. The molecule has 4 N–H and O–H groups in total. The van der Waals surface area contributed by atoms with Crippen LogP contribution in [0.25, 0.3) is 0 Å². The highest BCUT2D eigenvalue weighted by Gasteiger charge is 2.10. The van der Waals surface area contributed by atoms with Gasteiger partial charge < -0.3 is 16.2 Å². The van der Waals surface area contributed by atoms with E-state index in [1.165, 1.54) is 7.11 Å². The number of carbonyl (C=O) groups excluding carboxylic acids is 1. The van der Waals surface area contributed by atoms with Crippen molar-refractivity contribution in [3.63, 3.8) is 0 Å². The Balaban J connectivity index is -0.000000320. The van der Waals surface area contributed by atoms with Gasteiger partial charge >= 0.3 is 5.97 Å². The molecule has 0 spiro atoms. The van der Waals surface area contributed by atoms with E-state index in [1.807, 2.05) is 0 Å². The molecule has 0 fully saturated rings. The first-order chi connectivity index (χ1) is 4.22. The predicted molar refractivity (Wildman–Crippen MR) is 48.2 cm³/mol. The molecular weight excluding hydrogens is 191 g/mol. The molecule has 0 rings (SSSR count). The number of methoxy groups -OCH3 is 1. The number of ether oxygens (including phenoxy) is 1. The lowest BCUT2D eigenvalue weighted by molar-refractivity contribution is -0.142. The van der Waals surface area contributed by atoms with Gasteiger partial charge in [0, 0.05) is 0 Å². The number of nitrogens with two attached hydrogens (primary N) is 2. The average molecular weight is 205 g/mol. The second-order valence-electron chi connectivity index (χ2n) is 1.71. The van der Waals surface area contributed by atoms with Crippen molar-refractivity contribution in [1.82, 2.24) is 0 Å². The maximum atomic E-state index is 10.5. The van der Waals surface area contributed by atoms with Crippen molar-refractivity contribution in [3.05, 3.63) is 0 Å². The van der Waals surface area contributed by atoms with Crippen LogP contribution in [0.2, 0.25) is 0 Å². The Hall–Kier alpha value is -0.0300. The fraction of sp³-hybridized carbons (Fsp3) is 0.800. The summed E-state index contributed by atoms with van der Waals surface area (Å²) in [7, 11) is 1.30. The number of hydrogen-bond acceptors (Lipinski definition) is 4. The smallest absolute Gasteiger partial charge is 0.322 e. The molecule has 1 atom stereocenters. The van der Waals surface area contributed by atoms with Gasteiger partial charge in [-0.25, -0.2) is 0 Å². The normalized spacial score (nSPS) is 10.5. The lowest BCUT2D eigenvalue weighted by atomic mass is 10.2. The summed E-state index contributed by atoms with van der Waals surface area (Å²) in [5.41, 5.74) is 10.4. The quantitative estimate of drug-likeness (QED) is 0.619. The number of hydrogen-bond donors (Lipinski definition) is 2. The van der Waals surface area contributed by atoms with Gasteiger partial charge in [-0.15, -0.1) is 24.8 Å². The van der Waals surface area contributed by atoms with Crippen molar-refractivity contribution in [2.75, 3.05) is 13.7 Å². The van der Waals surface area contributed by atoms with Gasteiger partial charge in [0.1, 0.15) is 6.04 Å². The lowest BCUT2D eigenvalue weighted by Crippen LogP contribution is -2.33. The second-order valence-corrected chi connectivity index (χ2v) is 1.71. The molecule has 0 aliphatic heterocycles. The molecular formula is C5H14Cl2N2O2. The monoisotopic (exact) mass is 204 g/mol. The Bertz CT molecular complexity index is 102. The third-order valence-corrected chi connectivity index (χ3v) is 0.982. The van der Waals surface area contributed by atoms with Crippen molar-refractivity contribution in [2.24, 2.45) is 11.5 Å². The number of halogens is 2.